The minimum absolute atomic E-state index is 1.10. The average Bonchev–Trinajstić information content (AvgIpc) is 1.37. The lowest BCUT2D eigenvalue weighted by atomic mass is 10.7. The topological polar surface area (TPSA) is 26.0 Å². The van der Waals surface area contributed by atoms with Crippen molar-refractivity contribution in [1.29, 1.82) is 0 Å². The van der Waals surface area contributed by atoms with Crippen molar-refractivity contribution in [2.24, 2.45) is 5.14 Å². The van der Waals surface area contributed by atoms with Gasteiger partial charge in [0.15, 0.2) is 0 Å². The molecule has 0 bridgehead atoms. The zero-order valence-corrected chi connectivity index (χ0v) is 3.72. The summed E-state index contributed by atoms with van der Waals surface area (Å²) in [5.41, 5.74) is 0. The fraction of sp³-hybridized carbons (Fsp3) is 0. The van der Waals surface area contributed by atoms with Crippen LogP contribution in [0.25, 0.3) is 0 Å². The number of thiol groups is 1. The highest BCUT2D eigenvalue weighted by molar-refractivity contribution is 8.43. The van der Waals surface area contributed by atoms with Gasteiger partial charge in [0, 0.05) is 0 Å². The Balaban J connectivity index is 1.97. The van der Waals surface area contributed by atoms with Gasteiger partial charge in [0.05, 0.1) is 0 Å². The number of hydrogen-bond acceptors (Lipinski definition) is 3. The molecule has 0 aromatic rings. The molecule has 0 aliphatic carbocycles. The second-order valence-electron chi connectivity index (χ2n) is 0.241. The summed E-state index contributed by atoms with van der Waals surface area (Å²) in [6, 6.07) is 0. The standard InChI is InChI=1S/BH3NS2/c2-4-1-3/h3H,2H2. The van der Waals surface area contributed by atoms with Crippen LogP contribution in [0.1, 0.15) is 0 Å². The van der Waals surface area contributed by atoms with Gasteiger partial charge in [-0.2, -0.15) is 0 Å². The molecule has 0 aromatic heterocycles. The summed E-state index contributed by atoms with van der Waals surface area (Å²) in [5.74, 6) is 1.51. The van der Waals surface area contributed by atoms with E-state index in [9.17, 15) is 0 Å². The van der Waals surface area contributed by atoms with E-state index >= 15 is 0 Å². The maximum absolute atomic E-state index is 4.81. The van der Waals surface area contributed by atoms with E-state index < -0.39 is 0 Å². The van der Waals surface area contributed by atoms with E-state index in [-0.39, 0.29) is 0 Å². The molecule has 0 amide bonds. The Morgan fingerprint density at radius 2 is 2.25 bits per heavy atom. The Kier molecular flexibility index (Phi) is 4.40. The smallest absolute Gasteiger partial charge is 0.284 e. The van der Waals surface area contributed by atoms with Crippen LogP contribution in [0.15, 0.2) is 0 Å². The Morgan fingerprint density at radius 3 is 2.25 bits per heavy atom. The molecule has 2 N–H and O–H groups in total. The number of hydrogen-bond donors (Lipinski definition) is 2. The molecule has 4 heavy (non-hydrogen) atoms. The quantitative estimate of drug-likeness (QED) is 0.271. The number of nitrogens with two attached hydrogens (primary N) is 1. The van der Waals surface area contributed by atoms with Crippen LogP contribution in [0, 0.1) is 0 Å². The molecule has 0 aromatic carbocycles. The van der Waals surface area contributed by atoms with Gasteiger partial charge in [-0.1, -0.05) is 0 Å². The van der Waals surface area contributed by atoms with Crippen molar-refractivity contribution in [1.82, 2.24) is 0 Å². The van der Waals surface area contributed by atoms with E-state index in [1.165, 1.54) is 5.84 Å². The van der Waals surface area contributed by atoms with Crippen molar-refractivity contribution >= 4 is 30.1 Å². The summed E-state index contributed by atoms with van der Waals surface area (Å²) in [6.07, 6.45) is 0. The van der Waals surface area contributed by atoms with E-state index in [1.807, 2.05) is 0 Å². The molecule has 0 aliphatic heterocycles. The first-order valence-corrected chi connectivity index (χ1v) is 2.19. The fourth-order valence-electron chi connectivity index (χ4n) is 0. The Hall–Kier alpha value is 0.725. The van der Waals surface area contributed by atoms with Crippen LogP contribution >= 0.6 is 24.3 Å². The maximum atomic E-state index is 4.81. The Morgan fingerprint density at radius 1 is 2.00 bits per heavy atom. The van der Waals surface area contributed by atoms with Gasteiger partial charge in [-0.05, 0) is 0 Å². The van der Waals surface area contributed by atoms with E-state index in [1.54, 1.807) is 0 Å². The maximum Gasteiger partial charge on any atom is 0.284 e. The van der Waals surface area contributed by atoms with Crippen molar-refractivity contribution in [2.45, 2.75) is 0 Å². The molecule has 0 atom stereocenters. The van der Waals surface area contributed by atoms with Crippen molar-refractivity contribution in [3.8, 4) is 0 Å². The van der Waals surface area contributed by atoms with Gasteiger partial charge < -0.3 is 0 Å². The van der Waals surface area contributed by atoms with Crippen LogP contribution in [-0.4, -0.2) is 5.84 Å². The van der Waals surface area contributed by atoms with Crippen LogP contribution in [0.5, 0.6) is 0 Å². The minimum Gasteiger partial charge on any atom is -0.287 e. The molecule has 0 unspecified atom stereocenters. The van der Waals surface area contributed by atoms with Crippen LogP contribution < -0.4 is 5.14 Å². The summed E-state index contributed by atoms with van der Waals surface area (Å²) < 4.78 is 0. The van der Waals surface area contributed by atoms with Gasteiger partial charge in [-0.25, -0.2) is 12.5 Å². The molecule has 1 nitrogen and oxygen atoms in total. The molecule has 23 valence electrons. The SMILES string of the molecule is NS[B]S. The van der Waals surface area contributed by atoms with E-state index in [0.29, 0.717) is 0 Å². The monoisotopic (exact) mass is 92.0 g/mol. The lowest BCUT2D eigenvalue weighted by Crippen LogP contribution is -1.75. The van der Waals surface area contributed by atoms with Gasteiger partial charge >= 0.3 is 0 Å². The lowest BCUT2D eigenvalue weighted by Gasteiger charge is -1.66. The van der Waals surface area contributed by atoms with E-state index in [4.69, 9.17) is 5.14 Å². The second kappa shape index (κ2) is 3.72. The Bertz CT molecular complexity index is 8.00. The predicted octanol–water partition coefficient (Wildman–Crippen LogP) is 0.0573. The largest absolute Gasteiger partial charge is 0.287 e. The first-order chi connectivity index (χ1) is 1.91. The fourth-order valence-corrected chi connectivity index (χ4v) is 0. The molecule has 0 aliphatic rings. The molecular weight excluding hydrogens is 89.0 g/mol. The molecular formula is H3BNS2. The van der Waals surface area contributed by atoms with Crippen LogP contribution in [0.4, 0.5) is 0 Å². The van der Waals surface area contributed by atoms with Gasteiger partial charge in [0.2, 0.25) is 0 Å². The average molecular weight is 92.0 g/mol. The summed E-state index contributed by atoms with van der Waals surface area (Å²) in [6.45, 7) is 0. The third kappa shape index (κ3) is 2.72. The van der Waals surface area contributed by atoms with E-state index in [0.717, 1.165) is 11.8 Å². The molecule has 1 radical (unpaired) electrons. The van der Waals surface area contributed by atoms with Crippen LogP contribution in [-0.2, 0) is 0 Å². The van der Waals surface area contributed by atoms with Crippen molar-refractivity contribution in [3.05, 3.63) is 0 Å². The van der Waals surface area contributed by atoms with Gasteiger partial charge in [0.1, 0.15) is 0 Å². The highest BCUT2D eigenvalue weighted by Gasteiger charge is 1.63. The first-order valence-electron chi connectivity index (χ1n) is 0.730. The van der Waals surface area contributed by atoms with E-state index in [2.05, 4.69) is 12.5 Å². The summed E-state index contributed by atoms with van der Waals surface area (Å²) in [4.78, 5) is 0. The molecule has 0 saturated carbocycles. The zero-order chi connectivity index (χ0) is 3.41. The second-order valence-corrected chi connectivity index (χ2v) is 1.36. The third-order valence-electron chi connectivity index (χ3n) is 0.0609. The van der Waals surface area contributed by atoms with Gasteiger partial charge in [-0.15, -0.1) is 11.8 Å². The summed E-state index contributed by atoms with van der Waals surface area (Å²) in [5, 5.41) is 4.81. The Labute approximate surface area is 35.9 Å². The number of rotatable bonds is 1. The minimum atomic E-state index is 1.10. The summed E-state index contributed by atoms with van der Waals surface area (Å²) in [7, 11) is 0. The van der Waals surface area contributed by atoms with Crippen molar-refractivity contribution in [2.75, 3.05) is 0 Å². The lowest BCUT2D eigenvalue weighted by molar-refractivity contribution is 2.07. The molecule has 0 rings (SSSR count). The molecule has 4 heteroatoms. The van der Waals surface area contributed by atoms with Crippen molar-refractivity contribution in [3.63, 3.8) is 0 Å². The summed E-state index contributed by atoms with van der Waals surface area (Å²) >= 11 is 4.73. The van der Waals surface area contributed by atoms with Crippen LogP contribution in [0.3, 0.4) is 0 Å². The van der Waals surface area contributed by atoms with Crippen molar-refractivity contribution < 1.29 is 0 Å². The normalized spacial score (nSPS) is 6.50. The molecule has 0 saturated heterocycles. The van der Waals surface area contributed by atoms with Gasteiger partial charge in [0.25, 0.3) is 5.84 Å². The molecule has 0 spiro atoms. The molecule has 0 fully saturated rings. The van der Waals surface area contributed by atoms with Crippen LogP contribution in [0.2, 0.25) is 0 Å². The highest BCUT2D eigenvalue weighted by atomic mass is 32.2. The predicted molar refractivity (Wildman–Crippen MR) is 26.5 cm³/mol. The third-order valence-corrected chi connectivity index (χ3v) is 0.548. The zero-order valence-electron chi connectivity index (χ0n) is 2.01. The van der Waals surface area contributed by atoms with Gasteiger partial charge in [-0.3, -0.25) is 5.14 Å². The molecule has 0 heterocycles. The highest BCUT2D eigenvalue weighted by Crippen LogP contribution is 1.78. The first kappa shape index (κ1) is 4.72.